The molecule has 0 bridgehead atoms. The average molecular weight is 321 g/mol. The summed E-state index contributed by atoms with van der Waals surface area (Å²) in [5, 5.41) is 4.09. The van der Waals surface area contributed by atoms with Crippen LogP contribution in [-0.4, -0.2) is 19.9 Å². The third-order valence-electron chi connectivity index (χ3n) is 4.46. The summed E-state index contributed by atoms with van der Waals surface area (Å²) < 4.78 is 0. The predicted molar refractivity (Wildman–Crippen MR) is 93.8 cm³/mol. The number of fused-ring (bicyclic) bond motifs is 2. The maximum atomic E-state index is 12.2. The van der Waals surface area contributed by atoms with Crippen LogP contribution in [0.2, 0.25) is 0 Å². The lowest BCUT2D eigenvalue weighted by molar-refractivity contribution is 0.657. The Labute approximate surface area is 139 Å². The van der Waals surface area contributed by atoms with Crippen LogP contribution in [0.25, 0.3) is 10.9 Å². The highest BCUT2D eigenvalue weighted by atomic mass is 16.1. The van der Waals surface area contributed by atoms with Gasteiger partial charge in [0.05, 0.1) is 16.9 Å². The van der Waals surface area contributed by atoms with Gasteiger partial charge in [-0.05, 0) is 51.7 Å². The molecule has 122 valence electrons. The molecule has 0 amide bonds. The number of aromatic amines is 1. The van der Waals surface area contributed by atoms with E-state index in [0.29, 0.717) is 11.9 Å². The van der Waals surface area contributed by atoms with E-state index in [1.165, 1.54) is 5.56 Å². The van der Waals surface area contributed by atoms with E-state index in [2.05, 4.69) is 31.3 Å². The molecule has 3 aromatic rings. The van der Waals surface area contributed by atoms with Crippen molar-refractivity contribution in [1.82, 2.24) is 19.9 Å². The molecule has 2 aromatic heterocycles. The number of aromatic nitrogens is 4. The number of hydrogen-bond acceptors (Lipinski definition) is 5. The van der Waals surface area contributed by atoms with Crippen LogP contribution in [0.1, 0.15) is 35.4 Å². The van der Waals surface area contributed by atoms with Gasteiger partial charge in [0.2, 0.25) is 11.9 Å². The number of nitrogens with zero attached hydrogens (tertiary/aromatic N) is 3. The molecule has 2 N–H and O–H groups in total. The minimum atomic E-state index is -0.0599. The molecule has 0 spiro atoms. The molecular formula is C18H19N5O. The van der Waals surface area contributed by atoms with Gasteiger partial charge in [-0.2, -0.15) is 0 Å². The fourth-order valence-corrected chi connectivity index (χ4v) is 3.22. The standard InChI is InChI=1S/C18H19N5O/c1-10-7-8-15-13(9-10)11(2)19-17(21-15)23-18-20-14-6-4-3-5-12(14)16(24)22-18/h7-9H,3-6H2,1-2H3,(H2,19,20,21,22,23,24). The van der Waals surface area contributed by atoms with Crippen LogP contribution < -0.4 is 10.9 Å². The minimum Gasteiger partial charge on any atom is -0.294 e. The van der Waals surface area contributed by atoms with E-state index in [4.69, 9.17) is 0 Å². The van der Waals surface area contributed by atoms with Crippen LogP contribution in [0, 0.1) is 13.8 Å². The summed E-state index contributed by atoms with van der Waals surface area (Å²) in [5.74, 6) is 0.856. The lowest BCUT2D eigenvalue weighted by atomic mass is 9.97. The number of anilines is 2. The predicted octanol–water partition coefficient (Wildman–Crippen LogP) is 2.95. The fraction of sp³-hybridized carbons (Fsp3) is 0.333. The van der Waals surface area contributed by atoms with Crippen LogP contribution in [-0.2, 0) is 12.8 Å². The zero-order valence-electron chi connectivity index (χ0n) is 13.8. The van der Waals surface area contributed by atoms with E-state index in [1.807, 2.05) is 26.0 Å². The molecule has 0 fully saturated rings. The molecule has 24 heavy (non-hydrogen) atoms. The molecule has 1 aliphatic rings. The topological polar surface area (TPSA) is 83.6 Å². The molecule has 0 saturated carbocycles. The minimum absolute atomic E-state index is 0.0599. The highest BCUT2D eigenvalue weighted by molar-refractivity contribution is 5.82. The normalized spacial score (nSPS) is 13.8. The third-order valence-corrected chi connectivity index (χ3v) is 4.46. The van der Waals surface area contributed by atoms with Gasteiger partial charge in [0.15, 0.2) is 0 Å². The summed E-state index contributed by atoms with van der Waals surface area (Å²) in [5.41, 5.74) is 4.59. The van der Waals surface area contributed by atoms with Crippen molar-refractivity contribution in [2.75, 3.05) is 5.32 Å². The summed E-state index contributed by atoms with van der Waals surface area (Å²) in [6.07, 6.45) is 3.79. The molecule has 0 radical (unpaired) electrons. The fourth-order valence-electron chi connectivity index (χ4n) is 3.22. The molecule has 6 heteroatoms. The van der Waals surface area contributed by atoms with E-state index < -0.39 is 0 Å². The molecule has 0 unspecified atom stereocenters. The second-order valence-corrected chi connectivity index (χ2v) is 6.33. The van der Waals surface area contributed by atoms with Crippen molar-refractivity contribution in [2.45, 2.75) is 39.5 Å². The first-order valence-corrected chi connectivity index (χ1v) is 8.24. The number of aryl methyl sites for hydroxylation is 3. The van der Waals surface area contributed by atoms with Gasteiger partial charge in [-0.3, -0.25) is 15.1 Å². The summed E-state index contributed by atoms with van der Waals surface area (Å²) in [4.78, 5) is 28.6. The number of benzene rings is 1. The second-order valence-electron chi connectivity index (χ2n) is 6.33. The second kappa shape index (κ2) is 5.70. The third kappa shape index (κ3) is 2.64. The molecule has 0 saturated heterocycles. The van der Waals surface area contributed by atoms with Crippen molar-refractivity contribution in [3.05, 3.63) is 51.1 Å². The lowest BCUT2D eigenvalue weighted by Crippen LogP contribution is -2.22. The first-order valence-electron chi connectivity index (χ1n) is 8.24. The number of nitrogens with one attached hydrogen (secondary N) is 2. The largest absolute Gasteiger partial charge is 0.294 e. The van der Waals surface area contributed by atoms with Crippen molar-refractivity contribution in [1.29, 1.82) is 0 Å². The Balaban J connectivity index is 1.73. The maximum Gasteiger partial charge on any atom is 0.255 e. The van der Waals surface area contributed by atoms with E-state index in [-0.39, 0.29) is 5.56 Å². The zero-order chi connectivity index (χ0) is 16.7. The first kappa shape index (κ1) is 14.8. The van der Waals surface area contributed by atoms with Gasteiger partial charge >= 0.3 is 0 Å². The van der Waals surface area contributed by atoms with E-state index in [1.54, 1.807) is 0 Å². The highest BCUT2D eigenvalue weighted by Gasteiger charge is 2.16. The van der Waals surface area contributed by atoms with Crippen LogP contribution >= 0.6 is 0 Å². The van der Waals surface area contributed by atoms with Gasteiger partial charge in [0, 0.05) is 10.9 Å². The molecule has 1 aliphatic carbocycles. The average Bonchev–Trinajstić information content (AvgIpc) is 2.56. The van der Waals surface area contributed by atoms with Crippen molar-refractivity contribution in [3.8, 4) is 0 Å². The molecule has 0 aliphatic heterocycles. The Morgan fingerprint density at radius 3 is 2.79 bits per heavy atom. The van der Waals surface area contributed by atoms with Gasteiger partial charge < -0.3 is 0 Å². The molecule has 4 rings (SSSR count). The SMILES string of the molecule is Cc1ccc2nc(Nc3nc4c(c(=O)[nH]3)CCCC4)nc(C)c2c1. The highest BCUT2D eigenvalue weighted by Crippen LogP contribution is 2.21. The Hall–Kier alpha value is -2.76. The van der Waals surface area contributed by atoms with E-state index in [9.17, 15) is 4.79 Å². The quantitative estimate of drug-likeness (QED) is 0.758. The Bertz CT molecular complexity index is 993. The molecular weight excluding hydrogens is 302 g/mol. The number of rotatable bonds is 2. The van der Waals surface area contributed by atoms with Crippen LogP contribution in [0.15, 0.2) is 23.0 Å². The van der Waals surface area contributed by atoms with Gasteiger partial charge in [0.25, 0.3) is 5.56 Å². The van der Waals surface area contributed by atoms with Gasteiger partial charge in [-0.25, -0.2) is 15.0 Å². The maximum absolute atomic E-state index is 12.2. The van der Waals surface area contributed by atoms with Crippen molar-refractivity contribution >= 4 is 22.8 Å². The van der Waals surface area contributed by atoms with Crippen LogP contribution in [0.4, 0.5) is 11.9 Å². The Kier molecular flexibility index (Phi) is 3.52. The van der Waals surface area contributed by atoms with Gasteiger partial charge in [-0.1, -0.05) is 11.6 Å². The number of H-pyrrole nitrogens is 1. The van der Waals surface area contributed by atoms with Crippen molar-refractivity contribution in [2.24, 2.45) is 0 Å². The van der Waals surface area contributed by atoms with Gasteiger partial charge in [0.1, 0.15) is 0 Å². The van der Waals surface area contributed by atoms with Crippen LogP contribution in [0.3, 0.4) is 0 Å². The summed E-state index contributed by atoms with van der Waals surface area (Å²) >= 11 is 0. The summed E-state index contributed by atoms with van der Waals surface area (Å²) in [6.45, 7) is 4.00. The summed E-state index contributed by atoms with van der Waals surface area (Å²) in [6, 6.07) is 6.08. The monoisotopic (exact) mass is 321 g/mol. The molecule has 6 nitrogen and oxygen atoms in total. The van der Waals surface area contributed by atoms with Crippen molar-refractivity contribution < 1.29 is 0 Å². The smallest absolute Gasteiger partial charge is 0.255 e. The van der Waals surface area contributed by atoms with E-state index in [0.717, 1.165) is 53.5 Å². The Morgan fingerprint density at radius 2 is 1.92 bits per heavy atom. The van der Waals surface area contributed by atoms with Gasteiger partial charge in [-0.15, -0.1) is 0 Å². The van der Waals surface area contributed by atoms with E-state index >= 15 is 0 Å². The Morgan fingerprint density at radius 1 is 1.08 bits per heavy atom. The zero-order valence-corrected chi connectivity index (χ0v) is 13.8. The lowest BCUT2D eigenvalue weighted by Gasteiger charge is -2.15. The molecule has 2 heterocycles. The molecule has 0 atom stereocenters. The molecule has 1 aromatic carbocycles. The van der Waals surface area contributed by atoms with Crippen LogP contribution in [0.5, 0.6) is 0 Å². The number of hydrogen-bond donors (Lipinski definition) is 2. The summed E-state index contributed by atoms with van der Waals surface area (Å²) in [7, 11) is 0. The first-order chi connectivity index (χ1) is 11.6. The van der Waals surface area contributed by atoms with Crippen molar-refractivity contribution in [3.63, 3.8) is 0 Å².